The highest BCUT2D eigenvalue weighted by Gasteiger charge is 2.53. The number of benzene rings is 1. The predicted molar refractivity (Wildman–Crippen MR) is 96.3 cm³/mol. The second kappa shape index (κ2) is 8.58. The smallest absolute Gasteiger partial charge is 0.491 e. The Morgan fingerprint density at radius 3 is 1.97 bits per heavy atom. The minimum atomic E-state index is -5.84. The lowest BCUT2D eigenvalue weighted by molar-refractivity contribution is -0.0510. The van der Waals surface area contributed by atoms with Crippen molar-refractivity contribution in [1.82, 2.24) is 0 Å². The van der Waals surface area contributed by atoms with Gasteiger partial charge in [-0.3, -0.25) is 9.35 Å². The number of carbonyl (C=O) groups is 1. The maximum Gasteiger partial charge on any atom is 0.522 e. The summed E-state index contributed by atoms with van der Waals surface area (Å²) in [5.74, 6) is -0.521. The van der Waals surface area contributed by atoms with Crippen LogP contribution in [-0.4, -0.2) is 49.7 Å². The maximum absolute atomic E-state index is 14.0. The number of hydrogen-bond acceptors (Lipinski definition) is 6. The van der Waals surface area contributed by atoms with E-state index in [1.807, 2.05) is 27.7 Å². The molecular weight excluding hydrogens is 423 g/mol. The van der Waals surface area contributed by atoms with Crippen LogP contribution in [-0.2, 0) is 19.4 Å². The lowest BCUT2D eigenvalue weighted by Gasteiger charge is -2.32. The Kier molecular flexibility index (Phi) is 7.50. The van der Waals surface area contributed by atoms with E-state index >= 15 is 0 Å². The van der Waals surface area contributed by atoms with Crippen LogP contribution in [0.5, 0.6) is 5.75 Å². The van der Waals surface area contributed by atoms with E-state index in [-0.39, 0.29) is 12.4 Å². The number of alkyl halides is 3. The SMILES string of the molecule is CCOc1c(F)ccc(C=O)c1B1OC(C)(C)C(C)(C)O1.O=S(=O)(O)C(F)(F)F. The molecule has 1 saturated heterocycles. The Hall–Kier alpha value is -1.70. The highest BCUT2D eigenvalue weighted by Crippen LogP contribution is 2.37. The molecule has 0 aliphatic carbocycles. The second-order valence-corrected chi connectivity index (χ2v) is 8.35. The highest BCUT2D eigenvalue weighted by atomic mass is 32.2. The van der Waals surface area contributed by atoms with Crippen LogP contribution in [0.4, 0.5) is 17.6 Å². The zero-order chi connectivity index (χ0) is 22.8. The van der Waals surface area contributed by atoms with Gasteiger partial charge in [-0.25, -0.2) is 4.39 Å². The molecule has 1 aromatic rings. The van der Waals surface area contributed by atoms with Crippen molar-refractivity contribution in [3.05, 3.63) is 23.5 Å². The van der Waals surface area contributed by atoms with Crippen molar-refractivity contribution in [3.8, 4) is 5.75 Å². The van der Waals surface area contributed by atoms with Crippen LogP contribution in [0.1, 0.15) is 45.0 Å². The molecule has 0 spiro atoms. The summed E-state index contributed by atoms with van der Waals surface area (Å²) in [5, 5.41) is 0. The van der Waals surface area contributed by atoms with Crippen molar-refractivity contribution in [2.75, 3.05) is 6.61 Å². The predicted octanol–water partition coefficient (Wildman–Crippen LogP) is 2.73. The third-order valence-electron chi connectivity index (χ3n) is 4.38. The molecule has 0 saturated carbocycles. The lowest BCUT2D eigenvalue weighted by atomic mass is 9.75. The fourth-order valence-corrected chi connectivity index (χ4v) is 2.19. The van der Waals surface area contributed by atoms with Crippen molar-refractivity contribution < 1.29 is 49.4 Å². The van der Waals surface area contributed by atoms with Crippen LogP contribution in [0.3, 0.4) is 0 Å². The van der Waals surface area contributed by atoms with Crippen LogP contribution >= 0.6 is 0 Å². The molecule has 29 heavy (non-hydrogen) atoms. The molecule has 1 aromatic carbocycles. The molecule has 7 nitrogen and oxygen atoms in total. The van der Waals surface area contributed by atoms with Gasteiger partial charge in [0.25, 0.3) is 0 Å². The van der Waals surface area contributed by atoms with E-state index in [1.54, 1.807) is 6.92 Å². The van der Waals surface area contributed by atoms with Crippen LogP contribution in [0.2, 0.25) is 0 Å². The molecule has 0 bridgehead atoms. The minimum Gasteiger partial charge on any atom is -0.491 e. The van der Waals surface area contributed by atoms with Crippen molar-refractivity contribution in [3.63, 3.8) is 0 Å². The van der Waals surface area contributed by atoms with E-state index < -0.39 is 39.8 Å². The molecule has 1 N–H and O–H groups in total. The Balaban J connectivity index is 0.000000447. The largest absolute Gasteiger partial charge is 0.522 e. The Morgan fingerprint density at radius 1 is 1.17 bits per heavy atom. The molecule has 13 heteroatoms. The number of halogens is 4. The van der Waals surface area contributed by atoms with Crippen LogP contribution in [0.15, 0.2) is 12.1 Å². The molecule has 0 aromatic heterocycles. The molecule has 0 atom stereocenters. The summed E-state index contributed by atoms with van der Waals surface area (Å²) in [4.78, 5) is 11.3. The van der Waals surface area contributed by atoms with E-state index in [4.69, 9.17) is 27.0 Å². The van der Waals surface area contributed by atoms with Crippen LogP contribution < -0.4 is 10.2 Å². The molecule has 164 valence electrons. The average molecular weight is 444 g/mol. The quantitative estimate of drug-likeness (QED) is 0.251. The summed E-state index contributed by atoms with van der Waals surface area (Å²) >= 11 is 0. The third kappa shape index (κ3) is 5.68. The molecule has 0 unspecified atom stereocenters. The fraction of sp³-hybridized carbons (Fsp3) is 0.562. The first-order valence-corrected chi connectivity index (χ1v) is 9.72. The topological polar surface area (TPSA) is 99.1 Å². The van der Waals surface area contributed by atoms with Crippen LogP contribution in [0, 0.1) is 5.82 Å². The molecule has 2 rings (SSSR count). The van der Waals surface area contributed by atoms with E-state index in [1.165, 1.54) is 12.1 Å². The molecule has 1 aliphatic heterocycles. The summed E-state index contributed by atoms with van der Waals surface area (Å²) in [6.07, 6.45) is 0.655. The summed E-state index contributed by atoms with van der Waals surface area (Å²) in [5.41, 5.74) is -6.07. The summed E-state index contributed by atoms with van der Waals surface area (Å²) in [6.45, 7) is 9.62. The molecular formula is C16H21BF4O7S. The molecule has 0 radical (unpaired) electrons. The summed E-state index contributed by atoms with van der Waals surface area (Å²) < 4.78 is 88.8. The first-order valence-electron chi connectivity index (χ1n) is 8.28. The van der Waals surface area contributed by atoms with Crippen molar-refractivity contribution in [2.24, 2.45) is 0 Å². The number of ether oxygens (including phenoxy) is 1. The normalized spacial score (nSPS) is 18.1. The Morgan fingerprint density at radius 2 is 1.62 bits per heavy atom. The number of hydrogen-bond donors (Lipinski definition) is 1. The molecule has 1 aliphatic rings. The molecule has 1 fully saturated rings. The Labute approximate surface area is 166 Å². The zero-order valence-corrected chi connectivity index (χ0v) is 17.1. The van der Waals surface area contributed by atoms with Crippen molar-refractivity contribution in [2.45, 2.75) is 51.3 Å². The Bertz CT molecular complexity index is 838. The van der Waals surface area contributed by atoms with Gasteiger partial charge in [-0.2, -0.15) is 21.6 Å². The van der Waals surface area contributed by atoms with E-state index in [0.717, 1.165) is 0 Å². The van der Waals surface area contributed by atoms with Gasteiger partial charge in [-0.1, -0.05) is 0 Å². The monoisotopic (exact) mass is 444 g/mol. The van der Waals surface area contributed by atoms with E-state index in [0.29, 0.717) is 17.3 Å². The van der Waals surface area contributed by atoms with Gasteiger partial charge < -0.3 is 14.0 Å². The first kappa shape index (κ1) is 25.3. The van der Waals surface area contributed by atoms with Gasteiger partial charge in [0.05, 0.1) is 17.8 Å². The van der Waals surface area contributed by atoms with Crippen molar-refractivity contribution >= 4 is 29.0 Å². The summed E-state index contributed by atoms with van der Waals surface area (Å²) in [7, 11) is -6.68. The van der Waals surface area contributed by atoms with E-state index in [9.17, 15) is 22.4 Å². The van der Waals surface area contributed by atoms with Gasteiger partial charge in [0.1, 0.15) is 6.29 Å². The molecule has 1 heterocycles. The van der Waals surface area contributed by atoms with Gasteiger partial charge in [0.2, 0.25) is 0 Å². The fourth-order valence-electron chi connectivity index (χ4n) is 2.19. The van der Waals surface area contributed by atoms with Gasteiger partial charge >= 0.3 is 22.7 Å². The van der Waals surface area contributed by atoms with Crippen LogP contribution in [0.25, 0.3) is 0 Å². The highest BCUT2D eigenvalue weighted by molar-refractivity contribution is 7.86. The zero-order valence-electron chi connectivity index (χ0n) is 16.3. The maximum atomic E-state index is 14.0. The second-order valence-electron chi connectivity index (χ2n) is 6.94. The third-order valence-corrected chi connectivity index (χ3v) is 4.96. The summed E-state index contributed by atoms with van der Waals surface area (Å²) in [6, 6.07) is 2.62. The van der Waals surface area contributed by atoms with Gasteiger partial charge in [0, 0.05) is 11.0 Å². The first-order chi connectivity index (χ1) is 13.0. The van der Waals surface area contributed by atoms with Gasteiger partial charge in [-0.05, 0) is 46.8 Å². The van der Waals surface area contributed by atoms with E-state index in [2.05, 4.69) is 0 Å². The van der Waals surface area contributed by atoms with Gasteiger partial charge in [-0.15, -0.1) is 0 Å². The van der Waals surface area contributed by atoms with Gasteiger partial charge in [0.15, 0.2) is 11.6 Å². The number of rotatable bonds is 4. The standard InChI is InChI=1S/C15H20BFO4.CHF3O3S/c1-6-19-13-11(17)8-7-10(9-18)12(13)16-20-14(2,3)15(4,5)21-16;2-1(3,4)8(5,6)7/h7-9H,6H2,1-5H3;(H,5,6,7). The number of carbonyl (C=O) groups excluding carboxylic acids is 1. The lowest BCUT2D eigenvalue weighted by Crippen LogP contribution is -2.41. The number of aldehydes is 1. The average Bonchev–Trinajstić information content (AvgIpc) is 2.75. The van der Waals surface area contributed by atoms with Crippen molar-refractivity contribution in [1.29, 1.82) is 0 Å². The minimum absolute atomic E-state index is 0.0144. The molecule has 0 amide bonds.